The molecule has 0 bridgehead atoms. The Hall–Kier alpha value is -3.53. The first-order chi connectivity index (χ1) is 16.9. The van der Waals surface area contributed by atoms with Gasteiger partial charge in [0.05, 0.1) is 10.4 Å². The van der Waals surface area contributed by atoms with Crippen LogP contribution in [0.1, 0.15) is 18.4 Å². The molecule has 0 radical (unpaired) electrons. The molecule has 1 aromatic heterocycles. The van der Waals surface area contributed by atoms with E-state index in [1.807, 2.05) is 24.3 Å². The SMILES string of the molecule is NS(=O)(=O)c1cccc(-c2n[nH]c3ccc(NC(=O)C4CCN(Cc5ccccc5)CC4)cc23)c1. The molecule has 0 saturated carbocycles. The van der Waals surface area contributed by atoms with E-state index in [2.05, 4.69) is 44.7 Å². The Bertz CT molecular complexity index is 1460. The molecule has 0 unspecified atom stereocenters. The molecule has 2 heterocycles. The Kier molecular flexibility index (Phi) is 6.38. The highest BCUT2D eigenvalue weighted by Crippen LogP contribution is 2.30. The lowest BCUT2D eigenvalue weighted by molar-refractivity contribution is -0.121. The largest absolute Gasteiger partial charge is 0.326 e. The minimum Gasteiger partial charge on any atom is -0.326 e. The molecule has 1 saturated heterocycles. The number of hydrogen-bond acceptors (Lipinski definition) is 5. The summed E-state index contributed by atoms with van der Waals surface area (Å²) < 4.78 is 23.5. The molecule has 5 rings (SSSR count). The predicted molar refractivity (Wildman–Crippen MR) is 136 cm³/mol. The van der Waals surface area contributed by atoms with Gasteiger partial charge in [0.15, 0.2) is 0 Å². The van der Waals surface area contributed by atoms with Gasteiger partial charge in [0.25, 0.3) is 0 Å². The van der Waals surface area contributed by atoms with Crippen LogP contribution in [0.25, 0.3) is 22.2 Å². The Labute approximate surface area is 204 Å². The third kappa shape index (κ3) is 5.27. The molecular formula is C26H27N5O3S. The standard InChI is InChI=1S/C26H27N5O3S/c27-35(33,34)22-8-4-7-20(15-22)25-23-16-21(9-10-24(23)29-30-25)28-26(32)19-11-13-31(14-12-19)17-18-5-2-1-3-6-18/h1-10,15-16,19H,11-14,17H2,(H,28,32)(H,29,30)(H2,27,33,34). The quantitative estimate of drug-likeness (QED) is 0.381. The van der Waals surface area contributed by atoms with E-state index in [1.165, 1.54) is 17.7 Å². The van der Waals surface area contributed by atoms with Crippen molar-refractivity contribution in [1.29, 1.82) is 0 Å². The van der Waals surface area contributed by atoms with Crippen LogP contribution >= 0.6 is 0 Å². The number of H-pyrrole nitrogens is 1. The second-order valence-electron chi connectivity index (χ2n) is 8.93. The number of aromatic amines is 1. The van der Waals surface area contributed by atoms with Crippen molar-refractivity contribution in [3.8, 4) is 11.3 Å². The van der Waals surface area contributed by atoms with Gasteiger partial charge in [-0.25, -0.2) is 13.6 Å². The highest BCUT2D eigenvalue weighted by atomic mass is 32.2. The summed E-state index contributed by atoms with van der Waals surface area (Å²) in [5.41, 5.74) is 3.97. The van der Waals surface area contributed by atoms with E-state index in [1.54, 1.807) is 12.1 Å². The second kappa shape index (κ2) is 9.61. The van der Waals surface area contributed by atoms with Crippen molar-refractivity contribution in [3.63, 3.8) is 0 Å². The maximum Gasteiger partial charge on any atom is 0.238 e. The Morgan fingerprint density at radius 3 is 2.54 bits per heavy atom. The fraction of sp³-hybridized carbons (Fsp3) is 0.231. The molecule has 4 aromatic rings. The van der Waals surface area contributed by atoms with Crippen molar-refractivity contribution < 1.29 is 13.2 Å². The molecule has 0 atom stereocenters. The first-order valence-electron chi connectivity index (χ1n) is 11.6. The second-order valence-corrected chi connectivity index (χ2v) is 10.5. The number of benzene rings is 3. The fourth-order valence-electron chi connectivity index (χ4n) is 4.57. The number of nitrogens with zero attached hydrogens (tertiary/aromatic N) is 2. The molecular weight excluding hydrogens is 462 g/mol. The summed E-state index contributed by atoms with van der Waals surface area (Å²) in [6, 6.07) is 22.3. The topological polar surface area (TPSA) is 121 Å². The van der Waals surface area contributed by atoms with E-state index >= 15 is 0 Å². The monoisotopic (exact) mass is 489 g/mol. The number of primary sulfonamides is 1. The normalized spacial score (nSPS) is 15.3. The third-order valence-electron chi connectivity index (χ3n) is 6.47. The molecule has 3 aromatic carbocycles. The number of carbonyl (C=O) groups is 1. The number of nitrogens with two attached hydrogens (primary N) is 1. The minimum absolute atomic E-state index is 0.0185. The molecule has 1 aliphatic heterocycles. The van der Waals surface area contributed by atoms with Crippen molar-refractivity contribution in [2.45, 2.75) is 24.3 Å². The van der Waals surface area contributed by atoms with Gasteiger partial charge < -0.3 is 5.32 Å². The first kappa shape index (κ1) is 23.2. The molecule has 1 aliphatic rings. The summed E-state index contributed by atoms with van der Waals surface area (Å²) in [5.74, 6) is -0.0158. The number of rotatable bonds is 6. The minimum atomic E-state index is -3.83. The van der Waals surface area contributed by atoms with Gasteiger partial charge in [0, 0.05) is 29.1 Å². The van der Waals surface area contributed by atoms with E-state index in [9.17, 15) is 13.2 Å². The van der Waals surface area contributed by atoms with Gasteiger partial charge in [-0.2, -0.15) is 5.10 Å². The number of aromatic nitrogens is 2. The van der Waals surface area contributed by atoms with Gasteiger partial charge in [0.2, 0.25) is 15.9 Å². The van der Waals surface area contributed by atoms with Gasteiger partial charge in [-0.3, -0.25) is 14.8 Å². The predicted octanol–water partition coefficient (Wildman–Crippen LogP) is 3.73. The third-order valence-corrected chi connectivity index (χ3v) is 7.38. The molecule has 4 N–H and O–H groups in total. The van der Waals surface area contributed by atoms with Crippen molar-refractivity contribution in [1.82, 2.24) is 15.1 Å². The van der Waals surface area contributed by atoms with Crippen LogP contribution in [0.15, 0.2) is 77.7 Å². The number of fused-ring (bicyclic) bond motifs is 1. The molecule has 1 amide bonds. The van der Waals surface area contributed by atoms with Gasteiger partial charge in [-0.05, 0) is 61.8 Å². The number of carbonyl (C=O) groups excluding carboxylic acids is 1. The molecule has 180 valence electrons. The zero-order valence-electron chi connectivity index (χ0n) is 19.1. The van der Waals surface area contributed by atoms with Crippen LogP contribution in [0.3, 0.4) is 0 Å². The van der Waals surface area contributed by atoms with Crippen LogP contribution in [0.2, 0.25) is 0 Å². The van der Waals surface area contributed by atoms with E-state index in [-0.39, 0.29) is 16.7 Å². The Balaban J connectivity index is 1.28. The van der Waals surface area contributed by atoms with Gasteiger partial charge in [-0.1, -0.05) is 42.5 Å². The van der Waals surface area contributed by atoms with Crippen molar-refractivity contribution in [2.24, 2.45) is 11.1 Å². The van der Waals surface area contributed by atoms with Gasteiger partial charge >= 0.3 is 0 Å². The molecule has 8 nitrogen and oxygen atoms in total. The zero-order valence-corrected chi connectivity index (χ0v) is 20.0. The summed E-state index contributed by atoms with van der Waals surface area (Å²) in [4.78, 5) is 15.4. The summed E-state index contributed by atoms with van der Waals surface area (Å²) >= 11 is 0. The number of amides is 1. The molecule has 0 spiro atoms. The number of anilines is 1. The lowest BCUT2D eigenvalue weighted by Gasteiger charge is -2.31. The highest BCUT2D eigenvalue weighted by Gasteiger charge is 2.25. The van der Waals surface area contributed by atoms with Crippen LogP contribution in [-0.4, -0.2) is 42.5 Å². The lowest BCUT2D eigenvalue weighted by Crippen LogP contribution is -2.37. The van der Waals surface area contributed by atoms with Crippen LogP contribution in [0.5, 0.6) is 0 Å². The summed E-state index contributed by atoms with van der Waals surface area (Å²) in [7, 11) is -3.83. The molecule has 35 heavy (non-hydrogen) atoms. The number of likely N-dealkylation sites (tertiary alicyclic amines) is 1. The van der Waals surface area contributed by atoms with E-state index in [4.69, 9.17) is 5.14 Å². The highest BCUT2D eigenvalue weighted by molar-refractivity contribution is 7.89. The maximum absolute atomic E-state index is 13.0. The van der Waals surface area contributed by atoms with Crippen LogP contribution in [0, 0.1) is 5.92 Å². The van der Waals surface area contributed by atoms with Crippen molar-refractivity contribution >= 4 is 32.5 Å². The van der Waals surface area contributed by atoms with Crippen LogP contribution in [0.4, 0.5) is 5.69 Å². The van der Waals surface area contributed by atoms with E-state index < -0.39 is 10.0 Å². The van der Waals surface area contributed by atoms with Crippen molar-refractivity contribution in [3.05, 3.63) is 78.4 Å². The summed E-state index contributed by atoms with van der Waals surface area (Å²) in [6.07, 6.45) is 1.64. The number of nitrogens with one attached hydrogen (secondary N) is 2. The van der Waals surface area contributed by atoms with Crippen LogP contribution < -0.4 is 10.5 Å². The number of hydrogen-bond donors (Lipinski definition) is 3. The molecule has 9 heteroatoms. The summed E-state index contributed by atoms with van der Waals surface area (Å²) in [5, 5.41) is 16.5. The van der Waals surface area contributed by atoms with Crippen LogP contribution in [-0.2, 0) is 21.4 Å². The van der Waals surface area contributed by atoms with Gasteiger partial charge in [-0.15, -0.1) is 0 Å². The van der Waals surface area contributed by atoms with E-state index in [0.29, 0.717) is 16.9 Å². The first-order valence-corrected chi connectivity index (χ1v) is 13.1. The lowest BCUT2D eigenvalue weighted by atomic mass is 9.95. The average molecular weight is 490 g/mol. The number of sulfonamides is 1. The Morgan fingerprint density at radius 1 is 1.03 bits per heavy atom. The Morgan fingerprint density at radius 2 is 1.80 bits per heavy atom. The average Bonchev–Trinajstić information content (AvgIpc) is 3.28. The summed E-state index contributed by atoms with van der Waals surface area (Å²) in [6.45, 7) is 2.68. The molecule has 1 fully saturated rings. The maximum atomic E-state index is 13.0. The van der Waals surface area contributed by atoms with E-state index in [0.717, 1.165) is 43.4 Å². The fourth-order valence-corrected chi connectivity index (χ4v) is 5.13. The van der Waals surface area contributed by atoms with Gasteiger partial charge in [0.1, 0.15) is 5.69 Å². The smallest absolute Gasteiger partial charge is 0.238 e. The zero-order chi connectivity index (χ0) is 24.4. The van der Waals surface area contributed by atoms with Crippen molar-refractivity contribution in [2.75, 3.05) is 18.4 Å². The number of piperidine rings is 1. The molecule has 0 aliphatic carbocycles.